The number of carbonyl (C=O) groups is 2. The van der Waals surface area contributed by atoms with Crippen LogP contribution in [0.1, 0.15) is 20.7 Å². The molecule has 8 heteroatoms. The number of hydrogen-bond donors (Lipinski definition) is 4. The number of rotatable bonds is 6. The van der Waals surface area contributed by atoms with Crippen molar-refractivity contribution in [3.05, 3.63) is 71.8 Å². The summed E-state index contributed by atoms with van der Waals surface area (Å²) in [5.41, 5.74) is 11.5. The average molecular weight is 380 g/mol. The van der Waals surface area contributed by atoms with Crippen molar-refractivity contribution >= 4 is 23.3 Å². The van der Waals surface area contributed by atoms with Crippen LogP contribution < -0.4 is 20.9 Å². The van der Waals surface area contributed by atoms with Gasteiger partial charge < -0.3 is 31.2 Å². The second-order valence-electron chi connectivity index (χ2n) is 5.80. The lowest BCUT2D eigenvalue weighted by atomic mass is 10.1. The van der Waals surface area contributed by atoms with Crippen LogP contribution in [0.4, 0.5) is 11.4 Å². The van der Waals surface area contributed by atoms with Crippen LogP contribution in [0.3, 0.4) is 0 Å². The molecule has 0 aromatic heterocycles. The van der Waals surface area contributed by atoms with Crippen molar-refractivity contribution in [3.8, 4) is 23.0 Å². The second-order valence-corrected chi connectivity index (χ2v) is 5.80. The first-order valence-corrected chi connectivity index (χ1v) is 8.05. The predicted octanol–water partition coefficient (Wildman–Crippen LogP) is 3.83. The molecule has 3 rings (SSSR count). The molecule has 6 N–H and O–H groups in total. The first-order chi connectivity index (χ1) is 13.3. The van der Waals surface area contributed by atoms with E-state index in [9.17, 15) is 19.8 Å². The van der Waals surface area contributed by atoms with Crippen molar-refractivity contribution in [1.82, 2.24) is 0 Å². The summed E-state index contributed by atoms with van der Waals surface area (Å²) in [6.45, 7) is 0. The van der Waals surface area contributed by atoms with E-state index in [4.69, 9.17) is 20.9 Å². The van der Waals surface area contributed by atoms with Crippen molar-refractivity contribution in [3.63, 3.8) is 0 Å². The Hall–Kier alpha value is -4.20. The van der Waals surface area contributed by atoms with Gasteiger partial charge in [-0.25, -0.2) is 9.59 Å². The van der Waals surface area contributed by atoms with Gasteiger partial charge in [0.1, 0.15) is 11.5 Å². The summed E-state index contributed by atoms with van der Waals surface area (Å²) in [6, 6.07) is 15.0. The summed E-state index contributed by atoms with van der Waals surface area (Å²) in [6.07, 6.45) is 0. The molecule has 0 fully saturated rings. The molecule has 8 nitrogen and oxygen atoms in total. The predicted molar refractivity (Wildman–Crippen MR) is 102 cm³/mol. The standard InChI is InChI=1S/C20H16N2O6/c21-11-1-5-13(6-2-11)27-17-9-15(19(23)24)16(20(25)26)10-18(17)28-14-7-3-12(22)4-8-14/h1-10H,21-22H2,(H,23,24)(H,25,26). The highest BCUT2D eigenvalue weighted by atomic mass is 16.5. The van der Waals surface area contributed by atoms with E-state index in [1.54, 1.807) is 48.5 Å². The van der Waals surface area contributed by atoms with Crippen LogP contribution in [0.15, 0.2) is 60.7 Å². The zero-order valence-corrected chi connectivity index (χ0v) is 14.5. The number of hydrogen-bond acceptors (Lipinski definition) is 6. The Balaban J connectivity index is 2.08. The number of aromatic carboxylic acids is 2. The molecule has 0 aliphatic rings. The fraction of sp³-hybridized carbons (Fsp3) is 0. The van der Waals surface area contributed by atoms with E-state index >= 15 is 0 Å². The molecule has 3 aromatic carbocycles. The monoisotopic (exact) mass is 380 g/mol. The van der Waals surface area contributed by atoms with Crippen LogP contribution in [-0.4, -0.2) is 22.2 Å². The van der Waals surface area contributed by atoms with Crippen LogP contribution in [0.2, 0.25) is 0 Å². The van der Waals surface area contributed by atoms with E-state index in [-0.39, 0.29) is 11.5 Å². The first kappa shape index (κ1) is 18.6. The number of nitrogen functional groups attached to an aromatic ring is 2. The molecule has 3 aromatic rings. The molecule has 0 radical (unpaired) electrons. The van der Waals surface area contributed by atoms with Gasteiger partial charge in [0.2, 0.25) is 0 Å². The molecule has 0 saturated heterocycles. The van der Waals surface area contributed by atoms with Crippen molar-refractivity contribution in [2.45, 2.75) is 0 Å². The number of nitrogens with two attached hydrogens (primary N) is 2. The number of anilines is 2. The lowest BCUT2D eigenvalue weighted by Crippen LogP contribution is -2.09. The van der Waals surface area contributed by atoms with Crippen LogP contribution >= 0.6 is 0 Å². The number of carboxylic acids is 2. The molecule has 0 aliphatic carbocycles. The molecular weight excluding hydrogens is 364 g/mol. The van der Waals surface area contributed by atoms with Crippen LogP contribution in [0.25, 0.3) is 0 Å². The zero-order chi connectivity index (χ0) is 20.3. The van der Waals surface area contributed by atoms with Gasteiger partial charge in [-0.15, -0.1) is 0 Å². The van der Waals surface area contributed by atoms with E-state index < -0.39 is 23.1 Å². The summed E-state index contributed by atoms with van der Waals surface area (Å²) in [5.74, 6) is -2.00. The third-order valence-corrected chi connectivity index (χ3v) is 3.76. The minimum Gasteiger partial charge on any atom is -0.478 e. The van der Waals surface area contributed by atoms with E-state index in [1.165, 1.54) is 0 Å². The highest BCUT2D eigenvalue weighted by Gasteiger charge is 2.22. The highest BCUT2D eigenvalue weighted by molar-refractivity contribution is 6.02. The smallest absolute Gasteiger partial charge is 0.336 e. The molecule has 0 saturated carbocycles. The van der Waals surface area contributed by atoms with Gasteiger partial charge in [0.25, 0.3) is 0 Å². The fourth-order valence-corrected chi connectivity index (χ4v) is 2.40. The maximum absolute atomic E-state index is 11.5. The Morgan fingerprint density at radius 3 is 1.25 bits per heavy atom. The van der Waals surface area contributed by atoms with Crippen molar-refractivity contribution < 1.29 is 29.3 Å². The first-order valence-electron chi connectivity index (χ1n) is 8.05. The van der Waals surface area contributed by atoms with Crippen LogP contribution in [0.5, 0.6) is 23.0 Å². The molecule has 142 valence electrons. The molecule has 0 unspecified atom stereocenters. The van der Waals surface area contributed by atoms with Gasteiger partial charge in [-0.2, -0.15) is 0 Å². The summed E-state index contributed by atoms with van der Waals surface area (Å²) in [4.78, 5) is 23.0. The SMILES string of the molecule is Nc1ccc(Oc2cc(C(=O)O)c(C(=O)O)cc2Oc2ccc(N)cc2)cc1. The van der Waals surface area contributed by atoms with Crippen LogP contribution in [-0.2, 0) is 0 Å². The van der Waals surface area contributed by atoms with Gasteiger partial charge in [-0.3, -0.25) is 0 Å². The minimum atomic E-state index is -1.40. The lowest BCUT2D eigenvalue weighted by molar-refractivity contribution is 0.0651. The molecule has 28 heavy (non-hydrogen) atoms. The van der Waals surface area contributed by atoms with Gasteiger partial charge in [0.05, 0.1) is 11.1 Å². The van der Waals surface area contributed by atoms with Crippen molar-refractivity contribution in [2.24, 2.45) is 0 Å². The Kier molecular flexibility index (Phi) is 5.03. The van der Waals surface area contributed by atoms with Crippen molar-refractivity contribution in [1.29, 1.82) is 0 Å². The highest BCUT2D eigenvalue weighted by Crippen LogP contribution is 2.38. The Labute approximate surface area is 159 Å². The molecule has 0 heterocycles. The Morgan fingerprint density at radius 2 is 0.964 bits per heavy atom. The third-order valence-electron chi connectivity index (χ3n) is 3.76. The van der Waals surface area contributed by atoms with Gasteiger partial charge in [-0.1, -0.05) is 0 Å². The van der Waals surface area contributed by atoms with Gasteiger partial charge in [0, 0.05) is 23.5 Å². The summed E-state index contributed by atoms with van der Waals surface area (Å²) < 4.78 is 11.4. The third kappa shape index (κ3) is 4.13. The zero-order valence-electron chi connectivity index (χ0n) is 14.5. The maximum Gasteiger partial charge on any atom is 0.336 e. The van der Waals surface area contributed by atoms with Gasteiger partial charge in [-0.05, 0) is 48.5 Å². The Morgan fingerprint density at radius 1 is 0.643 bits per heavy atom. The van der Waals surface area contributed by atoms with E-state index in [0.717, 1.165) is 12.1 Å². The van der Waals surface area contributed by atoms with E-state index in [0.29, 0.717) is 22.9 Å². The molecule has 0 atom stereocenters. The maximum atomic E-state index is 11.5. The van der Waals surface area contributed by atoms with Crippen LogP contribution in [0, 0.1) is 0 Å². The number of ether oxygens (including phenoxy) is 2. The van der Waals surface area contributed by atoms with Crippen molar-refractivity contribution in [2.75, 3.05) is 11.5 Å². The minimum absolute atomic E-state index is 0.0315. The topological polar surface area (TPSA) is 145 Å². The molecule has 0 aliphatic heterocycles. The lowest BCUT2D eigenvalue weighted by Gasteiger charge is -2.15. The second kappa shape index (κ2) is 7.58. The summed E-state index contributed by atoms with van der Waals surface area (Å²) >= 11 is 0. The van der Waals surface area contributed by atoms with Gasteiger partial charge in [0.15, 0.2) is 11.5 Å². The average Bonchev–Trinajstić information content (AvgIpc) is 2.66. The number of benzene rings is 3. The van der Waals surface area contributed by atoms with E-state index in [2.05, 4.69) is 0 Å². The quantitative estimate of drug-likeness (QED) is 0.472. The molecule has 0 bridgehead atoms. The normalized spacial score (nSPS) is 10.3. The summed E-state index contributed by atoms with van der Waals surface area (Å²) in [5, 5.41) is 18.7. The van der Waals surface area contributed by atoms with Gasteiger partial charge >= 0.3 is 11.9 Å². The fourth-order valence-electron chi connectivity index (χ4n) is 2.40. The summed E-state index contributed by atoms with van der Waals surface area (Å²) in [7, 11) is 0. The van der Waals surface area contributed by atoms with E-state index in [1.807, 2.05) is 0 Å². The molecule has 0 spiro atoms. The molecule has 0 amide bonds. The number of carboxylic acid groups (broad SMARTS) is 2. The molecular formula is C20H16N2O6. The largest absolute Gasteiger partial charge is 0.478 e. The Bertz CT molecular complexity index is 945.